The number of hydrogen-bond acceptors (Lipinski definition) is 5. The topological polar surface area (TPSA) is 96.9 Å². The van der Waals surface area contributed by atoms with Crippen molar-refractivity contribution in [1.82, 2.24) is 10.6 Å². The molecule has 0 heterocycles. The second kappa shape index (κ2) is 14.3. The van der Waals surface area contributed by atoms with Crippen LogP contribution in [-0.2, 0) is 16.0 Å². The van der Waals surface area contributed by atoms with Gasteiger partial charge in [0.05, 0.1) is 39.9 Å². The van der Waals surface area contributed by atoms with E-state index in [4.69, 9.17) is 27.9 Å². The molecule has 0 atom stereocenters. The van der Waals surface area contributed by atoms with Crippen LogP contribution in [0.2, 0.25) is 10.0 Å². The number of carbonyl (C=O) groups excluding carboxylic acids is 3. The maximum absolute atomic E-state index is 13.0. The van der Waals surface area contributed by atoms with Gasteiger partial charge in [-0.2, -0.15) is 0 Å². The molecule has 0 aliphatic heterocycles. The van der Waals surface area contributed by atoms with Crippen LogP contribution < -0.4 is 15.4 Å². The molecule has 222 valence electrons. The van der Waals surface area contributed by atoms with Crippen molar-refractivity contribution in [3.05, 3.63) is 116 Å². The van der Waals surface area contributed by atoms with Gasteiger partial charge in [-0.15, -0.1) is 0 Å². The largest absolute Gasteiger partial charge is 0.494 e. The Morgan fingerprint density at radius 1 is 0.837 bits per heavy atom. The second-order valence-electron chi connectivity index (χ2n) is 10.4. The molecule has 0 radical (unpaired) electrons. The molecule has 1 aliphatic carbocycles. The van der Waals surface area contributed by atoms with Crippen LogP contribution in [0.1, 0.15) is 51.9 Å². The third-order valence-corrected chi connectivity index (χ3v) is 7.54. The van der Waals surface area contributed by atoms with Crippen molar-refractivity contribution >= 4 is 52.2 Å². The molecular weight excluding hydrogens is 585 g/mol. The van der Waals surface area contributed by atoms with E-state index in [-0.39, 0.29) is 39.5 Å². The fraction of sp³-hybridized carbons (Fsp3) is 0.235. The first-order valence-corrected chi connectivity index (χ1v) is 14.6. The molecule has 2 N–H and O–H groups in total. The molecule has 0 saturated carbocycles. The monoisotopic (exact) mass is 617 g/mol. The van der Waals surface area contributed by atoms with Gasteiger partial charge in [0.15, 0.2) is 5.75 Å². The molecule has 0 fully saturated rings. The highest BCUT2D eigenvalue weighted by Crippen LogP contribution is 2.37. The van der Waals surface area contributed by atoms with E-state index < -0.39 is 11.7 Å². The summed E-state index contributed by atoms with van der Waals surface area (Å²) in [6, 6.07) is 16.5. The molecule has 0 bridgehead atoms. The summed E-state index contributed by atoms with van der Waals surface area (Å²) in [5.74, 6) is -0.869. The van der Waals surface area contributed by atoms with Crippen LogP contribution in [0.4, 0.5) is 5.69 Å². The quantitative estimate of drug-likeness (QED) is 0.184. The minimum absolute atomic E-state index is 0.0153. The van der Waals surface area contributed by atoms with Crippen LogP contribution in [0.5, 0.6) is 5.75 Å². The molecule has 2 amide bonds. The van der Waals surface area contributed by atoms with Gasteiger partial charge in [0.1, 0.15) is 0 Å². The number of ketones is 1. The summed E-state index contributed by atoms with van der Waals surface area (Å²) in [6.45, 7) is 6.07. The number of rotatable bonds is 10. The lowest BCUT2D eigenvalue weighted by Gasteiger charge is -2.17. The predicted octanol–water partition coefficient (Wildman–Crippen LogP) is 7.31. The Bertz CT molecular complexity index is 1630. The number of aliphatic imine (C=N–C) groups is 1. The number of halogens is 2. The number of aryl methyl sites for hydroxylation is 4. The molecular formula is C34H33Cl2N3O4. The first kappa shape index (κ1) is 31.7. The molecule has 43 heavy (non-hydrogen) atoms. The number of ether oxygens (including phenoxy) is 1. The second-order valence-corrected chi connectivity index (χ2v) is 11.2. The van der Waals surface area contributed by atoms with Crippen molar-refractivity contribution in [3.63, 3.8) is 0 Å². The fourth-order valence-electron chi connectivity index (χ4n) is 4.59. The van der Waals surface area contributed by atoms with Gasteiger partial charge in [0, 0.05) is 18.1 Å². The number of unbranched alkanes of at least 4 members (excludes halogenated alkanes) is 1. The lowest BCUT2D eigenvalue weighted by atomic mass is 10.00. The number of allylic oxidation sites excluding steroid dienone is 2. The van der Waals surface area contributed by atoms with Crippen LogP contribution in [0.25, 0.3) is 0 Å². The number of nitrogens with zero attached hydrogens (tertiary/aromatic N) is 1. The first-order valence-electron chi connectivity index (χ1n) is 13.9. The Morgan fingerprint density at radius 2 is 1.51 bits per heavy atom. The molecule has 0 unspecified atom stereocenters. The maximum atomic E-state index is 13.0. The third kappa shape index (κ3) is 8.43. The number of hydrogen-bond donors (Lipinski definition) is 2. The summed E-state index contributed by atoms with van der Waals surface area (Å²) in [5, 5.41) is 5.98. The lowest BCUT2D eigenvalue weighted by Crippen LogP contribution is -2.34. The molecule has 4 rings (SSSR count). The highest BCUT2D eigenvalue weighted by atomic mass is 35.5. The summed E-state index contributed by atoms with van der Waals surface area (Å²) in [5.41, 5.74) is 5.97. The van der Waals surface area contributed by atoms with Crippen molar-refractivity contribution in [3.8, 4) is 5.75 Å². The standard InChI is InChI=1S/C34H33Cl2N3O4/c1-20-10-13-23(14-11-20)34(42)39-30-18-28(37-25-16-26(35)33(43-4)27(36)17-25)29(19-31(30)40)38-32(41)8-6-5-7-24-15-21(2)9-12-22(24)3/h9-19H,5-8H2,1-4H3,(H,38,41)(H,39,42). The summed E-state index contributed by atoms with van der Waals surface area (Å²) in [6.07, 6.45) is 5.34. The van der Waals surface area contributed by atoms with E-state index in [2.05, 4.69) is 47.7 Å². The SMILES string of the molecule is COc1c(Cl)cc(N=C2C=C(NC(=O)c3ccc(C)cc3)C(=O)C=C2NC(=O)CCCCc2cc(C)ccc2C)cc1Cl. The predicted molar refractivity (Wildman–Crippen MR) is 172 cm³/mol. The van der Waals surface area contributed by atoms with Crippen LogP contribution in [-0.4, -0.2) is 30.4 Å². The molecule has 9 heteroatoms. The Morgan fingerprint density at radius 3 is 2.19 bits per heavy atom. The maximum Gasteiger partial charge on any atom is 0.255 e. The van der Waals surface area contributed by atoms with E-state index in [0.717, 1.165) is 18.4 Å². The highest BCUT2D eigenvalue weighted by Gasteiger charge is 2.23. The molecule has 0 spiro atoms. The molecule has 1 aliphatic rings. The van der Waals surface area contributed by atoms with Gasteiger partial charge in [-0.25, -0.2) is 4.99 Å². The van der Waals surface area contributed by atoms with Crippen LogP contribution in [0.15, 0.2) is 83.1 Å². The van der Waals surface area contributed by atoms with Gasteiger partial charge < -0.3 is 15.4 Å². The van der Waals surface area contributed by atoms with Gasteiger partial charge in [0.2, 0.25) is 11.7 Å². The summed E-state index contributed by atoms with van der Waals surface area (Å²) in [4.78, 5) is 43.5. The first-order chi connectivity index (χ1) is 20.5. The van der Waals surface area contributed by atoms with Gasteiger partial charge in [-0.1, -0.05) is 64.7 Å². The highest BCUT2D eigenvalue weighted by molar-refractivity contribution is 6.37. The Hall–Kier alpha value is -4.20. The summed E-state index contributed by atoms with van der Waals surface area (Å²) in [7, 11) is 1.45. The van der Waals surface area contributed by atoms with Crippen molar-refractivity contribution in [2.75, 3.05) is 7.11 Å². The van der Waals surface area contributed by atoms with Crippen molar-refractivity contribution in [2.45, 2.75) is 46.5 Å². The lowest BCUT2D eigenvalue weighted by molar-refractivity contribution is -0.120. The molecule has 0 saturated heterocycles. The van der Waals surface area contributed by atoms with Crippen LogP contribution in [0, 0.1) is 20.8 Å². The van der Waals surface area contributed by atoms with Crippen LogP contribution in [0.3, 0.4) is 0 Å². The van der Waals surface area contributed by atoms with Gasteiger partial charge in [0.25, 0.3) is 5.91 Å². The Balaban J connectivity index is 1.52. The number of methoxy groups -OCH3 is 1. The summed E-state index contributed by atoms with van der Waals surface area (Å²) < 4.78 is 5.22. The number of benzene rings is 3. The van der Waals surface area contributed by atoms with Gasteiger partial charge >= 0.3 is 0 Å². The van der Waals surface area contributed by atoms with Gasteiger partial charge in [-0.05, 0) is 81.5 Å². The zero-order valence-corrected chi connectivity index (χ0v) is 26.0. The Kier molecular flexibility index (Phi) is 10.6. The number of carbonyl (C=O) groups is 3. The minimum atomic E-state index is -0.476. The van der Waals surface area contributed by atoms with Crippen molar-refractivity contribution < 1.29 is 19.1 Å². The smallest absolute Gasteiger partial charge is 0.255 e. The van der Waals surface area contributed by atoms with E-state index in [1.54, 1.807) is 24.3 Å². The number of nitrogens with one attached hydrogen (secondary N) is 2. The zero-order valence-electron chi connectivity index (χ0n) is 24.5. The van der Waals surface area contributed by atoms with E-state index in [1.165, 1.54) is 36.0 Å². The van der Waals surface area contributed by atoms with E-state index >= 15 is 0 Å². The molecule has 3 aromatic rings. The van der Waals surface area contributed by atoms with Crippen molar-refractivity contribution in [1.29, 1.82) is 0 Å². The van der Waals surface area contributed by atoms with E-state index in [1.807, 2.05) is 19.1 Å². The molecule has 7 nitrogen and oxygen atoms in total. The normalized spacial score (nSPS) is 13.8. The Labute approximate surface area is 261 Å². The minimum Gasteiger partial charge on any atom is -0.494 e. The molecule has 3 aromatic carbocycles. The van der Waals surface area contributed by atoms with Crippen molar-refractivity contribution in [2.24, 2.45) is 4.99 Å². The third-order valence-electron chi connectivity index (χ3n) is 6.98. The average Bonchev–Trinajstić information content (AvgIpc) is 2.95. The zero-order chi connectivity index (χ0) is 31.1. The number of amides is 2. The summed E-state index contributed by atoms with van der Waals surface area (Å²) >= 11 is 12.6. The van der Waals surface area contributed by atoms with E-state index in [0.29, 0.717) is 23.4 Å². The molecule has 0 aromatic heterocycles. The van der Waals surface area contributed by atoms with Gasteiger partial charge in [-0.3, -0.25) is 14.4 Å². The van der Waals surface area contributed by atoms with Crippen LogP contribution >= 0.6 is 23.2 Å². The average molecular weight is 619 g/mol. The fourth-order valence-corrected chi connectivity index (χ4v) is 5.22. The van der Waals surface area contributed by atoms with E-state index in [9.17, 15) is 14.4 Å².